The second-order valence-electron chi connectivity index (χ2n) is 5.26. The number of fused-ring (bicyclic) bond motifs is 1. The van der Waals surface area contributed by atoms with Gasteiger partial charge in [-0.25, -0.2) is 9.37 Å². The molecule has 0 radical (unpaired) electrons. The van der Waals surface area contributed by atoms with E-state index in [-0.39, 0.29) is 12.3 Å². The lowest BCUT2D eigenvalue weighted by Gasteiger charge is -2.07. The van der Waals surface area contributed by atoms with Crippen molar-refractivity contribution >= 4 is 34.7 Å². The zero-order valence-electron chi connectivity index (χ0n) is 13.6. The largest absolute Gasteiger partial charge is 0.455 e. The normalized spacial score (nSPS) is 10.7. The fourth-order valence-electron chi connectivity index (χ4n) is 2.11. The van der Waals surface area contributed by atoms with Crippen LogP contribution in [-0.2, 0) is 20.9 Å². The third-order valence-electron chi connectivity index (χ3n) is 3.39. The van der Waals surface area contributed by atoms with Crippen LogP contribution in [0.5, 0.6) is 0 Å². The van der Waals surface area contributed by atoms with E-state index in [0.717, 1.165) is 11.8 Å². The third-order valence-corrected chi connectivity index (χ3v) is 4.19. The molecule has 0 aliphatic heterocycles. The Labute approximate surface area is 152 Å². The number of rotatable bonds is 7. The molecule has 3 rings (SSSR count). The standard InChI is InChI=1S/C18H15FN2O4S/c19-13-6-2-1-5-12(13)9-20-16(22)10-24-17(23)11-26-18-21-14-7-3-4-8-15(14)25-18/h1-8H,9-11H2,(H,20,22). The summed E-state index contributed by atoms with van der Waals surface area (Å²) in [4.78, 5) is 27.6. The van der Waals surface area contributed by atoms with Gasteiger partial charge < -0.3 is 14.5 Å². The van der Waals surface area contributed by atoms with Crippen molar-refractivity contribution in [2.45, 2.75) is 11.8 Å². The van der Waals surface area contributed by atoms with Gasteiger partial charge in [0.25, 0.3) is 11.1 Å². The minimum Gasteiger partial charge on any atom is -0.455 e. The van der Waals surface area contributed by atoms with E-state index in [4.69, 9.17) is 9.15 Å². The molecule has 0 aliphatic rings. The molecule has 0 spiro atoms. The predicted octanol–water partition coefficient (Wildman–Crippen LogP) is 2.92. The molecule has 0 fully saturated rings. The molecule has 0 saturated carbocycles. The zero-order chi connectivity index (χ0) is 18.4. The maximum atomic E-state index is 13.4. The average Bonchev–Trinajstić information content (AvgIpc) is 3.07. The van der Waals surface area contributed by atoms with Gasteiger partial charge in [-0.2, -0.15) is 0 Å². The van der Waals surface area contributed by atoms with Gasteiger partial charge in [0.15, 0.2) is 12.2 Å². The second-order valence-corrected chi connectivity index (χ2v) is 6.19. The van der Waals surface area contributed by atoms with Crippen molar-refractivity contribution in [1.29, 1.82) is 0 Å². The van der Waals surface area contributed by atoms with Crippen molar-refractivity contribution < 1.29 is 23.1 Å². The Kier molecular flexibility index (Phi) is 5.85. The lowest BCUT2D eigenvalue weighted by Crippen LogP contribution is -2.29. The minimum absolute atomic E-state index is 0.0285. The van der Waals surface area contributed by atoms with Crippen molar-refractivity contribution in [3.8, 4) is 0 Å². The summed E-state index contributed by atoms with van der Waals surface area (Å²) in [5, 5.41) is 2.85. The van der Waals surface area contributed by atoms with Crippen LogP contribution in [-0.4, -0.2) is 29.2 Å². The molecule has 134 valence electrons. The number of carbonyl (C=O) groups is 2. The summed E-state index contributed by atoms with van der Waals surface area (Å²) in [6, 6.07) is 13.4. The highest BCUT2D eigenvalue weighted by atomic mass is 32.2. The number of nitrogens with one attached hydrogen (secondary N) is 1. The number of hydrogen-bond acceptors (Lipinski definition) is 6. The number of aromatic nitrogens is 1. The molecular weight excluding hydrogens is 359 g/mol. The molecule has 1 N–H and O–H groups in total. The number of amides is 1. The van der Waals surface area contributed by atoms with E-state index in [9.17, 15) is 14.0 Å². The molecule has 1 heterocycles. The highest BCUT2D eigenvalue weighted by molar-refractivity contribution is 7.99. The van der Waals surface area contributed by atoms with Crippen molar-refractivity contribution in [1.82, 2.24) is 10.3 Å². The summed E-state index contributed by atoms with van der Waals surface area (Å²) >= 11 is 1.08. The molecule has 26 heavy (non-hydrogen) atoms. The molecule has 0 unspecified atom stereocenters. The number of benzene rings is 2. The maximum absolute atomic E-state index is 13.4. The number of carbonyl (C=O) groups excluding carboxylic acids is 2. The molecule has 8 heteroatoms. The first-order valence-electron chi connectivity index (χ1n) is 7.76. The number of para-hydroxylation sites is 2. The van der Waals surface area contributed by atoms with E-state index >= 15 is 0 Å². The Morgan fingerprint density at radius 3 is 2.73 bits per heavy atom. The molecule has 0 atom stereocenters. The molecule has 1 amide bonds. The van der Waals surface area contributed by atoms with Crippen molar-refractivity contribution in [2.75, 3.05) is 12.4 Å². The number of ether oxygens (including phenoxy) is 1. The minimum atomic E-state index is -0.571. The first-order chi connectivity index (χ1) is 12.6. The summed E-state index contributed by atoms with van der Waals surface area (Å²) in [6.07, 6.45) is 0. The number of halogens is 1. The second kappa shape index (κ2) is 8.48. The van der Waals surface area contributed by atoms with Gasteiger partial charge in [0.05, 0.1) is 0 Å². The van der Waals surface area contributed by atoms with Gasteiger partial charge in [-0.15, -0.1) is 0 Å². The van der Waals surface area contributed by atoms with E-state index in [0.29, 0.717) is 21.9 Å². The monoisotopic (exact) mass is 374 g/mol. The highest BCUT2D eigenvalue weighted by Gasteiger charge is 2.12. The van der Waals surface area contributed by atoms with Gasteiger partial charge in [0.2, 0.25) is 0 Å². The quantitative estimate of drug-likeness (QED) is 0.506. The SMILES string of the molecule is O=C(COC(=O)CSc1nc2ccccc2o1)NCc1ccccc1F. The fourth-order valence-corrected chi connectivity index (χ4v) is 2.74. The predicted molar refractivity (Wildman–Crippen MR) is 93.9 cm³/mol. The van der Waals surface area contributed by atoms with Gasteiger partial charge in [-0.3, -0.25) is 9.59 Å². The van der Waals surface area contributed by atoms with Crippen LogP contribution in [0.3, 0.4) is 0 Å². The van der Waals surface area contributed by atoms with Crippen LogP contribution < -0.4 is 5.32 Å². The van der Waals surface area contributed by atoms with E-state index in [2.05, 4.69) is 10.3 Å². The lowest BCUT2D eigenvalue weighted by molar-refractivity contribution is -0.146. The van der Waals surface area contributed by atoms with Crippen molar-refractivity contribution in [3.63, 3.8) is 0 Å². The van der Waals surface area contributed by atoms with Crippen LogP contribution >= 0.6 is 11.8 Å². The van der Waals surface area contributed by atoms with E-state index in [1.165, 1.54) is 6.07 Å². The number of esters is 1. The fraction of sp³-hybridized carbons (Fsp3) is 0.167. The van der Waals surface area contributed by atoms with E-state index in [1.54, 1.807) is 30.3 Å². The van der Waals surface area contributed by atoms with Crippen LogP contribution in [0, 0.1) is 5.82 Å². The highest BCUT2D eigenvalue weighted by Crippen LogP contribution is 2.23. The lowest BCUT2D eigenvalue weighted by atomic mass is 10.2. The molecule has 1 aromatic heterocycles. The first kappa shape index (κ1) is 17.9. The van der Waals surface area contributed by atoms with Crippen LogP contribution in [0.1, 0.15) is 5.56 Å². The molecular formula is C18H15FN2O4S. The summed E-state index contributed by atoms with van der Waals surface area (Å²) in [5.74, 6) is -1.51. The van der Waals surface area contributed by atoms with Gasteiger partial charge in [-0.1, -0.05) is 42.1 Å². The molecule has 0 bridgehead atoms. The Hall–Kier alpha value is -2.87. The van der Waals surface area contributed by atoms with E-state index < -0.39 is 24.3 Å². The summed E-state index contributed by atoms with van der Waals surface area (Å²) in [6.45, 7) is -0.401. The maximum Gasteiger partial charge on any atom is 0.316 e. The Bertz CT molecular complexity index is 895. The third kappa shape index (κ3) is 4.82. The van der Waals surface area contributed by atoms with Crippen LogP contribution in [0.2, 0.25) is 0 Å². The Morgan fingerprint density at radius 2 is 1.92 bits per heavy atom. The number of nitrogens with zero attached hydrogens (tertiary/aromatic N) is 1. The molecule has 0 aliphatic carbocycles. The van der Waals surface area contributed by atoms with Gasteiger partial charge in [-0.05, 0) is 18.2 Å². The first-order valence-corrected chi connectivity index (χ1v) is 8.74. The van der Waals surface area contributed by atoms with Crippen molar-refractivity contribution in [2.24, 2.45) is 0 Å². The Balaban J connectivity index is 1.39. The molecule has 6 nitrogen and oxygen atoms in total. The van der Waals surface area contributed by atoms with Crippen LogP contribution in [0.25, 0.3) is 11.1 Å². The van der Waals surface area contributed by atoms with Gasteiger partial charge >= 0.3 is 5.97 Å². The summed E-state index contributed by atoms with van der Waals surface area (Å²) in [7, 11) is 0. The van der Waals surface area contributed by atoms with E-state index in [1.807, 2.05) is 12.1 Å². The number of hydrogen-bond donors (Lipinski definition) is 1. The summed E-state index contributed by atoms with van der Waals surface area (Å²) in [5.41, 5.74) is 1.70. The Morgan fingerprint density at radius 1 is 1.15 bits per heavy atom. The van der Waals surface area contributed by atoms with Gasteiger partial charge in [0.1, 0.15) is 17.1 Å². The van der Waals surface area contributed by atoms with Gasteiger partial charge in [0, 0.05) is 12.1 Å². The topological polar surface area (TPSA) is 81.4 Å². The number of oxazole rings is 1. The zero-order valence-corrected chi connectivity index (χ0v) is 14.4. The van der Waals surface area contributed by atoms with Crippen molar-refractivity contribution in [3.05, 3.63) is 59.9 Å². The molecule has 3 aromatic rings. The number of thioether (sulfide) groups is 1. The average molecular weight is 374 g/mol. The van der Waals surface area contributed by atoms with Crippen LogP contribution in [0.15, 0.2) is 58.2 Å². The molecule has 2 aromatic carbocycles. The summed E-state index contributed by atoms with van der Waals surface area (Å²) < 4.78 is 23.8. The van der Waals surface area contributed by atoms with Crippen LogP contribution in [0.4, 0.5) is 4.39 Å². The smallest absolute Gasteiger partial charge is 0.316 e. The molecule has 0 saturated heterocycles.